The van der Waals surface area contributed by atoms with Crippen molar-refractivity contribution in [2.75, 3.05) is 13.2 Å². The number of rotatable bonds is 10. The monoisotopic (exact) mass is 610 g/mol. The van der Waals surface area contributed by atoms with Crippen molar-refractivity contribution in [1.29, 1.82) is 0 Å². The molecule has 3 aliphatic rings. The van der Waals surface area contributed by atoms with E-state index in [1.54, 1.807) is 12.3 Å². The molecule has 2 aliphatic carbocycles. The van der Waals surface area contributed by atoms with Gasteiger partial charge in [0, 0.05) is 19.3 Å². The van der Waals surface area contributed by atoms with Gasteiger partial charge in [0.25, 0.3) is 5.91 Å². The van der Waals surface area contributed by atoms with Crippen molar-refractivity contribution in [2.45, 2.75) is 81.5 Å². The second kappa shape index (κ2) is 11.5. The number of halogens is 5. The van der Waals surface area contributed by atoms with Gasteiger partial charge in [-0.25, -0.2) is 18.3 Å². The van der Waals surface area contributed by atoms with E-state index in [-0.39, 0.29) is 49.0 Å². The molecule has 0 aromatic carbocycles. The molecule has 0 radical (unpaired) electrons. The summed E-state index contributed by atoms with van der Waals surface area (Å²) in [6.45, 7) is 0.831. The van der Waals surface area contributed by atoms with Crippen LogP contribution in [0, 0.1) is 11.8 Å². The Morgan fingerprint density at radius 1 is 1.07 bits per heavy atom. The van der Waals surface area contributed by atoms with Gasteiger partial charge in [0.05, 0.1) is 55.7 Å². The number of imidazole rings is 1. The van der Waals surface area contributed by atoms with E-state index >= 15 is 0 Å². The van der Waals surface area contributed by atoms with E-state index in [0.29, 0.717) is 35.8 Å². The SMILES string of the molecule is O=C(CCC(F)(F)F)N[C@@H](c1cnn2cc([C@@H](NC(=O)c3conc3C3COC3)C3CCC(F)(F)CC3)nc2c1)C1CC1. The fourth-order valence-electron chi connectivity index (χ4n) is 5.78. The maximum absolute atomic E-state index is 14.0. The lowest BCUT2D eigenvalue weighted by molar-refractivity contribution is -0.144. The molecule has 10 nitrogen and oxygen atoms in total. The third kappa shape index (κ3) is 6.81. The maximum atomic E-state index is 14.0. The van der Waals surface area contributed by atoms with Gasteiger partial charge in [-0.3, -0.25) is 9.59 Å². The number of carbonyl (C=O) groups is 2. The summed E-state index contributed by atoms with van der Waals surface area (Å²) < 4.78 is 77.7. The number of hydrogen-bond acceptors (Lipinski definition) is 7. The molecule has 15 heteroatoms. The second-order valence-corrected chi connectivity index (χ2v) is 11.7. The van der Waals surface area contributed by atoms with Crippen LogP contribution < -0.4 is 10.6 Å². The highest BCUT2D eigenvalue weighted by molar-refractivity contribution is 5.95. The first-order valence-electron chi connectivity index (χ1n) is 14.4. The number of alkyl halides is 5. The highest BCUT2D eigenvalue weighted by Crippen LogP contribution is 2.43. The number of fused-ring (bicyclic) bond motifs is 1. The van der Waals surface area contributed by atoms with Crippen LogP contribution in [0.1, 0.15) is 96.7 Å². The molecular weight excluding hydrogens is 579 g/mol. The molecule has 2 atom stereocenters. The van der Waals surface area contributed by atoms with Crippen molar-refractivity contribution in [3.05, 3.63) is 47.2 Å². The third-order valence-electron chi connectivity index (χ3n) is 8.47. The van der Waals surface area contributed by atoms with Crippen LogP contribution in [0.4, 0.5) is 22.0 Å². The van der Waals surface area contributed by atoms with E-state index in [9.17, 15) is 31.5 Å². The van der Waals surface area contributed by atoms with E-state index in [0.717, 1.165) is 12.8 Å². The molecule has 4 heterocycles. The molecule has 1 aliphatic heterocycles. The quantitative estimate of drug-likeness (QED) is 0.309. The van der Waals surface area contributed by atoms with Crippen LogP contribution in [0.5, 0.6) is 0 Å². The fraction of sp³-hybridized carbons (Fsp3) is 0.607. The molecule has 2 saturated carbocycles. The highest BCUT2D eigenvalue weighted by atomic mass is 19.4. The number of ether oxygens (including phenoxy) is 1. The van der Waals surface area contributed by atoms with Crippen LogP contribution in [0.3, 0.4) is 0 Å². The average molecular weight is 611 g/mol. The molecule has 43 heavy (non-hydrogen) atoms. The van der Waals surface area contributed by atoms with Gasteiger partial charge < -0.3 is 19.9 Å². The first kappa shape index (κ1) is 29.5. The van der Waals surface area contributed by atoms with Crippen LogP contribution in [-0.2, 0) is 9.53 Å². The Hall–Kier alpha value is -3.62. The minimum Gasteiger partial charge on any atom is -0.380 e. The number of hydrogen-bond donors (Lipinski definition) is 2. The first-order valence-corrected chi connectivity index (χ1v) is 14.4. The van der Waals surface area contributed by atoms with Crippen molar-refractivity contribution in [2.24, 2.45) is 11.8 Å². The van der Waals surface area contributed by atoms with Gasteiger partial charge in [-0.2, -0.15) is 18.3 Å². The Morgan fingerprint density at radius 3 is 2.44 bits per heavy atom. The molecule has 1 saturated heterocycles. The van der Waals surface area contributed by atoms with E-state index in [1.807, 2.05) is 0 Å². The summed E-state index contributed by atoms with van der Waals surface area (Å²) in [6, 6.07) is 0.471. The van der Waals surface area contributed by atoms with Gasteiger partial charge in [0.2, 0.25) is 11.8 Å². The lowest BCUT2D eigenvalue weighted by Gasteiger charge is -2.33. The number of nitrogens with zero attached hydrogens (tertiary/aromatic N) is 4. The third-order valence-corrected chi connectivity index (χ3v) is 8.47. The molecule has 3 aromatic rings. The summed E-state index contributed by atoms with van der Waals surface area (Å²) >= 11 is 0. The van der Waals surface area contributed by atoms with E-state index in [4.69, 9.17) is 14.2 Å². The van der Waals surface area contributed by atoms with Crippen molar-refractivity contribution >= 4 is 17.5 Å². The minimum atomic E-state index is -4.43. The topological polar surface area (TPSA) is 124 Å². The lowest BCUT2D eigenvalue weighted by atomic mass is 9.81. The predicted octanol–water partition coefficient (Wildman–Crippen LogP) is 5.04. The summed E-state index contributed by atoms with van der Waals surface area (Å²) in [7, 11) is 0. The Labute approximate surface area is 242 Å². The Morgan fingerprint density at radius 2 is 1.79 bits per heavy atom. The number of aromatic nitrogens is 4. The standard InChI is InChI=1S/C28H31F5N6O4/c29-27(30)6-3-16(4-7-27)25(37-26(41)19-14-43-38-24(19)18-12-42-13-18)20-11-39-21(35-20)9-17(10-34-39)23(15-1-2-15)36-22(40)5-8-28(31,32)33/h9-11,14-16,18,23,25H,1-8,12-13H2,(H,36,40)(H,37,41)/t23-,25+/m1/s1. The zero-order valence-electron chi connectivity index (χ0n) is 23.1. The molecule has 0 unspecified atom stereocenters. The summed E-state index contributed by atoms with van der Waals surface area (Å²) in [5.41, 5.74) is 2.14. The number of carbonyl (C=O) groups excluding carboxylic acids is 2. The molecule has 6 rings (SSSR count). The van der Waals surface area contributed by atoms with Gasteiger partial charge in [-0.15, -0.1) is 0 Å². The molecule has 0 spiro atoms. The van der Waals surface area contributed by atoms with Crippen molar-refractivity contribution < 1.29 is 40.8 Å². The van der Waals surface area contributed by atoms with Crippen LogP contribution >= 0.6 is 0 Å². The van der Waals surface area contributed by atoms with Crippen molar-refractivity contribution in [3.63, 3.8) is 0 Å². The molecule has 3 fully saturated rings. The van der Waals surface area contributed by atoms with E-state index < -0.39 is 48.8 Å². The largest absolute Gasteiger partial charge is 0.389 e. The summed E-state index contributed by atoms with van der Waals surface area (Å²) in [5.74, 6) is -4.26. The number of amides is 2. The predicted molar refractivity (Wildman–Crippen MR) is 139 cm³/mol. The molecule has 2 amide bonds. The molecular formula is C28H31F5N6O4. The van der Waals surface area contributed by atoms with Gasteiger partial charge >= 0.3 is 6.18 Å². The number of nitrogens with one attached hydrogen (secondary N) is 2. The van der Waals surface area contributed by atoms with E-state index in [1.165, 1.54) is 17.0 Å². The van der Waals surface area contributed by atoms with Crippen molar-refractivity contribution in [3.8, 4) is 0 Å². The summed E-state index contributed by atoms with van der Waals surface area (Å²) in [5, 5.41) is 14.1. The highest BCUT2D eigenvalue weighted by Gasteiger charge is 2.40. The second-order valence-electron chi connectivity index (χ2n) is 11.7. The van der Waals surface area contributed by atoms with Crippen LogP contribution in [0.15, 0.2) is 29.2 Å². The van der Waals surface area contributed by atoms with E-state index in [2.05, 4.69) is 20.9 Å². The normalized spacial score (nSPS) is 20.9. The van der Waals surface area contributed by atoms with Crippen LogP contribution in [0.2, 0.25) is 0 Å². The lowest BCUT2D eigenvalue weighted by Crippen LogP contribution is -2.38. The fourth-order valence-corrected chi connectivity index (χ4v) is 5.78. The molecule has 0 bridgehead atoms. The zero-order valence-corrected chi connectivity index (χ0v) is 23.1. The van der Waals surface area contributed by atoms with Gasteiger partial charge in [0.1, 0.15) is 17.5 Å². The smallest absolute Gasteiger partial charge is 0.380 e. The van der Waals surface area contributed by atoms with Gasteiger partial charge in [-0.1, -0.05) is 5.16 Å². The molecule has 232 valence electrons. The first-order chi connectivity index (χ1) is 20.5. The Balaban J connectivity index is 1.25. The Bertz CT molecular complexity index is 1470. The van der Waals surface area contributed by atoms with Gasteiger partial charge in [0.15, 0.2) is 5.65 Å². The van der Waals surface area contributed by atoms with Crippen LogP contribution in [0.25, 0.3) is 5.65 Å². The molecule has 2 N–H and O–H groups in total. The van der Waals surface area contributed by atoms with Gasteiger partial charge in [-0.05, 0) is 49.1 Å². The van der Waals surface area contributed by atoms with Crippen LogP contribution in [-0.4, -0.2) is 56.9 Å². The van der Waals surface area contributed by atoms with Crippen molar-refractivity contribution in [1.82, 2.24) is 30.4 Å². The zero-order chi connectivity index (χ0) is 30.4. The summed E-state index contributed by atoms with van der Waals surface area (Å²) in [4.78, 5) is 30.4. The Kier molecular flexibility index (Phi) is 7.86. The molecule has 3 aromatic heterocycles. The maximum Gasteiger partial charge on any atom is 0.389 e. The summed E-state index contributed by atoms with van der Waals surface area (Å²) in [6.07, 6.45) is -0.542. The average Bonchev–Trinajstić information content (AvgIpc) is 3.49. The minimum absolute atomic E-state index is 0.0718.